The molecule has 0 amide bonds. The van der Waals surface area contributed by atoms with E-state index in [0.29, 0.717) is 16.5 Å². The minimum absolute atomic E-state index is 0.211. The second-order valence-corrected chi connectivity index (χ2v) is 6.72. The van der Waals surface area contributed by atoms with Crippen LogP contribution in [0.25, 0.3) is 15.5 Å². The van der Waals surface area contributed by atoms with Gasteiger partial charge in [-0.05, 0) is 55.3 Å². The average molecular weight is 354 g/mol. The van der Waals surface area contributed by atoms with E-state index < -0.39 is 0 Å². The van der Waals surface area contributed by atoms with Crippen molar-refractivity contribution in [3.8, 4) is 16.3 Å². The van der Waals surface area contributed by atoms with E-state index in [-0.39, 0.29) is 12.4 Å². The largest absolute Gasteiger partial charge is 0.486 e. The average Bonchev–Trinajstić information content (AvgIpc) is 3.18. The third-order valence-corrected chi connectivity index (χ3v) is 4.94. The van der Waals surface area contributed by atoms with Crippen LogP contribution in [-0.4, -0.2) is 19.8 Å². The van der Waals surface area contributed by atoms with E-state index in [1.54, 1.807) is 16.6 Å². The van der Waals surface area contributed by atoms with Gasteiger partial charge in [-0.1, -0.05) is 23.5 Å². The first kappa shape index (κ1) is 15.7. The molecule has 0 saturated carbocycles. The van der Waals surface area contributed by atoms with Gasteiger partial charge in [0.25, 0.3) is 0 Å². The van der Waals surface area contributed by atoms with Gasteiger partial charge in [-0.25, -0.2) is 4.39 Å². The number of rotatable bonds is 4. The van der Waals surface area contributed by atoms with E-state index in [1.807, 2.05) is 0 Å². The van der Waals surface area contributed by atoms with Crippen LogP contribution < -0.4 is 4.74 Å². The molecule has 0 fully saturated rings. The summed E-state index contributed by atoms with van der Waals surface area (Å²) in [6.07, 6.45) is 0. The van der Waals surface area contributed by atoms with Crippen molar-refractivity contribution >= 4 is 16.3 Å². The van der Waals surface area contributed by atoms with Gasteiger partial charge in [0.1, 0.15) is 23.2 Å². The van der Waals surface area contributed by atoms with Crippen LogP contribution in [0.3, 0.4) is 0 Å². The van der Waals surface area contributed by atoms with Crippen molar-refractivity contribution < 1.29 is 9.13 Å². The zero-order valence-electron chi connectivity index (χ0n) is 13.7. The van der Waals surface area contributed by atoms with Crippen molar-refractivity contribution in [2.75, 3.05) is 0 Å². The Morgan fingerprint density at radius 1 is 1.04 bits per heavy atom. The molecule has 0 unspecified atom stereocenters. The summed E-state index contributed by atoms with van der Waals surface area (Å²) in [6.45, 7) is 4.38. The van der Waals surface area contributed by atoms with Gasteiger partial charge in [0.15, 0.2) is 5.82 Å². The molecule has 25 heavy (non-hydrogen) atoms. The molecule has 0 saturated heterocycles. The Kier molecular flexibility index (Phi) is 3.93. The van der Waals surface area contributed by atoms with Gasteiger partial charge in [-0.2, -0.15) is 9.61 Å². The predicted octanol–water partition coefficient (Wildman–Crippen LogP) is 4.19. The number of benzene rings is 2. The van der Waals surface area contributed by atoms with Crippen molar-refractivity contribution in [3.63, 3.8) is 0 Å². The summed E-state index contributed by atoms with van der Waals surface area (Å²) in [5.41, 5.74) is 3.53. The first-order chi connectivity index (χ1) is 12.1. The lowest BCUT2D eigenvalue weighted by molar-refractivity contribution is 0.292. The molecule has 0 spiro atoms. The molecule has 2 heterocycles. The highest BCUT2D eigenvalue weighted by atomic mass is 32.1. The fraction of sp³-hybridized carbons (Fsp3) is 0.167. The van der Waals surface area contributed by atoms with Crippen LogP contribution >= 0.6 is 11.3 Å². The van der Waals surface area contributed by atoms with Gasteiger partial charge < -0.3 is 4.74 Å². The molecular formula is C18H15FN4OS. The van der Waals surface area contributed by atoms with E-state index in [9.17, 15) is 4.39 Å². The first-order valence-electron chi connectivity index (χ1n) is 7.77. The van der Waals surface area contributed by atoms with Gasteiger partial charge in [-0.3, -0.25) is 0 Å². The summed E-state index contributed by atoms with van der Waals surface area (Å²) in [7, 11) is 0. The highest BCUT2D eigenvalue weighted by molar-refractivity contribution is 7.19. The number of fused-ring (bicyclic) bond motifs is 1. The van der Waals surface area contributed by atoms with Crippen LogP contribution in [0, 0.1) is 19.7 Å². The highest BCUT2D eigenvalue weighted by Crippen LogP contribution is 2.27. The summed E-state index contributed by atoms with van der Waals surface area (Å²) < 4.78 is 20.3. The van der Waals surface area contributed by atoms with Crippen molar-refractivity contribution in [2.45, 2.75) is 20.5 Å². The number of hydrogen-bond donors (Lipinski definition) is 0. The second kappa shape index (κ2) is 6.25. The fourth-order valence-electron chi connectivity index (χ4n) is 2.42. The smallest absolute Gasteiger partial charge is 0.235 e. The number of aromatic nitrogens is 4. The van der Waals surface area contributed by atoms with Gasteiger partial charge in [0.05, 0.1) is 0 Å². The van der Waals surface area contributed by atoms with Crippen LogP contribution in [0.5, 0.6) is 5.75 Å². The zero-order chi connectivity index (χ0) is 17.4. The molecule has 5 nitrogen and oxygen atoms in total. The Labute approximate surface area is 147 Å². The van der Waals surface area contributed by atoms with Gasteiger partial charge in [-0.15, -0.1) is 10.2 Å². The minimum atomic E-state index is -0.297. The molecule has 2 aromatic carbocycles. The van der Waals surface area contributed by atoms with Crippen molar-refractivity contribution in [2.24, 2.45) is 0 Å². The number of hydrogen-bond acceptors (Lipinski definition) is 5. The van der Waals surface area contributed by atoms with Crippen LogP contribution in [0.1, 0.15) is 17.0 Å². The predicted molar refractivity (Wildman–Crippen MR) is 94.3 cm³/mol. The summed E-state index contributed by atoms with van der Waals surface area (Å²) in [6, 6.07) is 12.1. The maximum Gasteiger partial charge on any atom is 0.235 e. The van der Waals surface area contributed by atoms with Crippen LogP contribution in [0.4, 0.5) is 4.39 Å². The van der Waals surface area contributed by atoms with Gasteiger partial charge in [0, 0.05) is 5.56 Å². The lowest BCUT2D eigenvalue weighted by Crippen LogP contribution is -2.02. The van der Waals surface area contributed by atoms with Gasteiger partial charge >= 0.3 is 0 Å². The monoisotopic (exact) mass is 354 g/mol. The normalized spacial score (nSPS) is 11.2. The van der Waals surface area contributed by atoms with E-state index in [1.165, 1.54) is 34.6 Å². The fourth-order valence-corrected chi connectivity index (χ4v) is 3.27. The SMILES string of the molecule is Cc1ccc(-c2nn3c(COc4ccc(F)cc4)nnc3s2)cc1C. The summed E-state index contributed by atoms with van der Waals surface area (Å²) in [4.78, 5) is 0.714. The topological polar surface area (TPSA) is 52.3 Å². The molecule has 0 radical (unpaired) electrons. The van der Waals surface area contributed by atoms with Crippen LogP contribution in [0.2, 0.25) is 0 Å². The third-order valence-electron chi connectivity index (χ3n) is 3.99. The number of halogens is 1. The van der Waals surface area contributed by atoms with E-state index >= 15 is 0 Å². The Hall–Kier alpha value is -2.80. The quantitative estimate of drug-likeness (QED) is 0.551. The van der Waals surface area contributed by atoms with E-state index in [4.69, 9.17) is 4.74 Å². The molecule has 0 aliphatic rings. The molecule has 0 N–H and O–H groups in total. The molecule has 4 rings (SSSR count). The number of nitrogens with zero attached hydrogens (tertiary/aromatic N) is 4. The molecule has 7 heteroatoms. The van der Waals surface area contributed by atoms with Crippen LogP contribution in [0.15, 0.2) is 42.5 Å². The molecule has 126 valence electrons. The van der Waals surface area contributed by atoms with E-state index in [0.717, 1.165) is 10.6 Å². The molecule has 0 bridgehead atoms. The molecule has 2 aromatic heterocycles. The zero-order valence-corrected chi connectivity index (χ0v) is 14.5. The lowest BCUT2D eigenvalue weighted by Gasteiger charge is -2.03. The lowest BCUT2D eigenvalue weighted by atomic mass is 10.1. The van der Waals surface area contributed by atoms with Crippen molar-refractivity contribution in [1.29, 1.82) is 0 Å². The van der Waals surface area contributed by atoms with E-state index in [2.05, 4.69) is 47.3 Å². The molecule has 0 atom stereocenters. The first-order valence-corrected chi connectivity index (χ1v) is 8.59. The van der Waals surface area contributed by atoms with Crippen LogP contribution in [-0.2, 0) is 6.61 Å². The highest BCUT2D eigenvalue weighted by Gasteiger charge is 2.14. The standard InChI is InChI=1S/C18H15FN4OS/c1-11-3-4-13(9-12(11)2)17-22-23-16(20-21-18(23)25-17)10-24-15-7-5-14(19)6-8-15/h3-9H,10H2,1-2H3. The Balaban J connectivity index is 1.59. The maximum atomic E-state index is 12.9. The Bertz CT molecular complexity index is 1040. The summed E-state index contributed by atoms with van der Waals surface area (Å²) >= 11 is 1.48. The summed E-state index contributed by atoms with van der Waals surface area (Å²) in [5.74, 6) is 0.878. The minimum Gasteiger partial charge on any atom is -0.486 e. The van der Waals surface area contributed by atoms with Crippen molar-refractivity contribution in [3.05, 3.63) is 65.2 Å². The molecule has 0 aliphatic carbocycles. The third kappa shape index (κ3) is 3.10. The number of aryl methyl sites for hydroxylation is 2. The van der Waals surface area contributed by atoms with Gasteiger partial charge in [0.2, 0.25) is 4.96 Å². The molecule has 0 aliphatic heterocycles. The maximum absolute atomic E-state index is 12.9. The summed E-state index contributed by atoms with van der Waals surface area (Å²) in [5, 5.41) is 13.8. The number of ether oxygens (including phenoxy) is 1. The Morgan fingerprint density at radius 2 is 1.84 bits per heavy atom. The van der Waals surface area contributed by atoms with Crippen molar-refractivity contribution in [1.82, 2.24) is 19.8 Å². The second-order valence-electron chi connectivity index (χ2n) is 5.76. The molecular weight excluding hydrogens is 339 g/mol. The molecule has 4 aromatic rings. The Morgan fingerprint density at radius 3 is 2.60 bits per heavy atom.